The Morgan fingerprint density at radius 2 is 0.812 bits per heavy atom. The Bertz CT molecular complexity index is 1090. The van der Waals surface area contributed by atoms with Crippen molar-refractivity contribution in [3.8, 4) is 0 Å². The van der Waals surface area contributed by atoms with E-state index in [1.54, 1.807) is 0 Å². The zero-order chi connectivity index (χ0) is 50.1. The molecule has 1 heterocycles. The van der Waals surface area contributed by atoms with Gasteiger partial charge in [0.15, 0.2) is 6.29 Å². The molecule has 1 fully saturated rings. The number of hydrogen-bond donors (Lipinski definition) is 6. The summed E-state index contributed by atoms with van der Waals surface area (Å²) in [7, 11) is 0. The fourth-order valence-corrected chi connectivity index (χ4v) is 10.0. The Kier molecular flexibility index (Phi) is 48.2. The number of aliphatic hydroxyl groups is 5. The quantitative estimate of drug-likeness (QED) is 0.0261. The predicted octanol–water partition coefficient (Wildman–Crippen LogP) is 15.2. The molecule has 0 aromatic rings. The Balaban J connectivity index is 2.03. The van der Waals surface area contributed by atoms with Crippen molar-refractivity contribution in [1.82, 2.24) is 5.32 Å². The Hall–Kier alpha value is -1.07. The van der Waals surface area contributed by atoms with Gasteiger partial charge in [-0.15, -0.1) is 0 Å². The van der Waals surface area contributed by atoms with E-state index >= 15 is 0 Å². The van der Waals surface area contributed by atoms with Gasteiger partial charge in [0.25, 0.3) is 0 Å². The molecule has 0 saturated carbocycles. The van der Waals surface area contributed by atoms with Crippen molar-refractivity contribution in [2.24, 2.45) is 0 Å². The number of carbonyl (C=O) groups excluding carboxylic acids is 1. The lowest BCUT2D eigenvalue weighted by atomic mass is 9.99. The standard InChI is InChI=1S/C60H117NO8/c1-3-5-7-9-11-13-15-16-17-18-19-20-21-22-23-24-25-26-27-28-29-30-31-32-33-34-35-36-37-38-40-42-44-46-48-50-56(64)61-53(52-68-60-59(67)58(66)57(65)55(51-62)69-60)54(63)49-47-45-43-41-39-14-12-10-8-6-4-2/h18-19,53-55,57-60,62-63,65-67H,3-17,20-52H2,1-2H3,(H,61,64)/b19-18-. The van der Waals surface area contributed by atoms with Crippen LogP contribution in [0.4, 0.5) is 0 Å². The van der Waals surface area contributed by atoms with Crippen molar-refractivity contribution in [1.29, 1.82) is 0 Å². The van der Waals surface area contributed by atoms with Crippen molar-refractivity contribution in [3.63, 3.8) is 0 Å². The second-order valence-electron chi connectivity index (χ2n) is 21.5. The number of carbonyl (C=O) groups is 1. The number of ether oxygens (including phenoxy) is 2. The molecule has 6 N–H and O–H groups in total. The van der Waals surface area contributed by atoms with Gasteiger partial charge in [0.1, 0.15) is 24.4 Å². The van der Waals surface area contributed by atoms with Crippen molar-refractivity contribution < 1.29 is 39.8 Å². The molecule has 0 aromatic heterocycles. The molecule has 9 nitrogen and oxygen atoms in total. The SMILES string of the molecule is CCCCCCCCCC/C=C\CCCCCCCCCCCCCCCCCCCCCCCCCC(=O)NC(COC1OC(CO)C(O)C(O)C1O)C(O)CCCCCCCCCCCCC. The van der Waals surface area contributed by atoms with E-state index in [1.165, 1.54) is 244 Å². The van der Waals surface area contributed by atoms with E-state index in [9.17, 15) is 30.3 Å². The summed E-state index contributed by atoms with van der Waals surface area (Å²) < 4.78 is 11.3. The fourth-order valence-electron chi connectivity index (χ4n) is 10.0. The molecule has 9 heteroatoms. The molecule has 410 valence electrons. The van der Waals surface area contributed by atoms with Gasteiger partial charge in [0.05, 0.1) is 25.4 Å². The highest BCUT2D eigenvalue weighted by Crippen LogP contribution is 2.23. The van der Waals surface area contributed by atoms with E-state index < -0.39 is 49.5 Å². The smallest absolute Gasteiger partial charge is 0.220 e. The first kappa shape index (κ1) is 65.9. The number of allylic oxidation sites excluding steroid dienone is 2. The highest BCUT2D eigenvalue weighted by atomic mass is 16.7. The highest BCUT2D eigenvalue weighted by molar-refractivity contribution is 5.76. The minimum absolute atomic E-state index is 0.133. The molecule has 0 spiro atoms. The van der Waals surface area contributed by atoms with E-state index in [0.29, 0.717) is 12.8 Å². The van der Waals surface area contributed by atoms with E-state index in [1.807, 2.05) is 0 Å². The van der Waals surface area contributed by atoms with Crippen LogP contribution in [0.15, 0.2) is 12.2 Å². The molecule has 1 amide bonds. The lowest BCUT2D eigenvalue weighted by Crippen LogP contribution is -2.60. The number of unbranched alkanes of at least 4 members (excludes halogenated alkanes) is 41. The topological polar surface area (TPSA) is 149 Å². The van der Waals surface area contributed by atoms with Crippen LogP contribution in [-0.2, 0) is 14.3 Å². The number of aliphatic hydroxyl groups excluding tert-OH is 5. The van der Waals surface area contributed by atoms with Gasteiger partial charge >= 0.3 is 0 Å². The highest BCUT2D eigenvalue weighted by Gasteiger charge is 2.44. The zero-order valence-corrected chi connectivity index (χ0v) is 45.6. The van der Waals surface area contributed by atoms with Crippen LogP contribution in [0.3, 0.4) is 0 Å². The molecule has 0 bridgehead atoms. The van der Waals surface area contributed by atoms with Crippen LogP contribution in [0.1, 0.15) is 309 Å². The average molecular weight is 981 g/mol. The summed E-state index contributed by atoms with van der Waals surface area (Å²) in [6, 6.07) is -0.713. The molecule has 1 aliphatic heterocycles. The molecule has 7 atom stereocenters. The van der Waals surface area contributed by atoms with E-state index in [4.69, 9.17) is 9.47 Å². The minimum Gasteiger partial charge on any atom is -0.394 e. The summed E-state index contributed by atoms with van der Waals surface area (Å²) in [5.41, 5.74) is 0. The molecular formula is C60H117NO8. The maximum Gasteiger partial charge on any atom is 0.220 e. The van der Waals surface area contributed by atoms with Crippen LogP contribution in [0, 0.1) is 0 Å². The summed E-state index contributed by atoms with van der Waals surface area (Å²) in [5, 5.41) is 54.5. The first-order valence-electron chi connectivity index (χ1n) is 30.4. The van der Waals surface area contributed by atoms with Gasteiger partial charge in [0, 0.05) is 6.42 Å². The first-order valence-corrected chi connectivity index (χ1v) is 30.4. The third-order valence-electron chi connectivity index (χ3n) is 14.9. The first-order chi connectivity index (χ1) is 33.8. The summed E-state index contributed by atoms with van der Waals surface area (Å²) in [6.45, 7) is 3.85. The van der Waals surface area contributed by atoms with Gasteiger partial charge in [-0.2, -0.15) is 0 Å². The van der Waals surface area contributed by atoms with Gasteiger partial charge in [-0.1, -0.05) is 276 Å². The van der Waals surface area contributed by atoms with Crippen molar-refractivity contribution in [2.45, 2.75) is 352 Å². The van der Waals surface area contributed by atoms with E-state index in [-0.39, 0.29) is 12.5 Å². The Labute approximate surface area is 426 Å². The Morgan fingerprint density at radius 3 is 1.17 bits per heavy atom. The van der Waals surface area contributed by atoms with Crippen LogP contribution in [0.25, 0.3) is 0 Å². The Morgan fingerprint density at radius 1 is 0.478 bits per heavy atom. The van der Waals surface area contributed by atoms with Gasteiger partial charge in [-0.25, -0.2) is 0 Å². The van der Waals surface area contributed by atoms with Crippen LogP contribution in [0.2, 0.25) is 0 Å². The van der Waals surface area contributed by atoms with Gasteiger partial charge in [-0.3, -0.25) is 4.79 Å². The third-order valence-corrected chi connectivity index (χ3v) is 14.9. The lowest BCUT2D eigenvalue weighted by molar-refractivity contribution is -0.302. The monoisotopic (exact) mass is 980 g/mol. The predicted molar refractivity (Wildman–Crippen MR) is 291 cm³/mol. The van der Waals surface area contributed by atoms with Gasteiger partial charge in [-0.05, 0) is 38.5 Å². The van der Waals surface area contributed by atoms with Crippen molar-refractivity contribution in [2.75, 3.05) is 13.2 Å². The fraction of sp³-hybridized carbons (Fsp3) is 0.950. The van der Waals surface area contributed by atoms with Crippen LogP contribution < -0.4 is 5.32 Å². The second kappa shape index (κ2) is 50.5. The molecule has 0 aromatic carbocycles. The molecular weight excluding hydrogens is 863 g/mol. The van der Waals surface area contributed by atoms with Crippen LogP contribution in [-0.4, -0.2) is 87.5 Å². The summed E-state index contributed by atoms with van der Waals surface area (Å²) in [6.07, 6.45) is 55.7. The molecule has 7 unspecified atom stereocenters. The molecule has 69 heavy (non-hydrogen) atoms. The largest absolute Gasteiger partial charge is 0.394 e. The number of amides is 1. The van der Waals surface area contributed by atoms with Crippen LogP contribution >= 0.6 is 0 Å². The van der Waals surface area contributed by atoms with E-state index in [2.05, 4.69) is 31.3 Å². The van der Waals surface area contributed by atoms with Crippen molar-refractivity contribution >= 4 is 5.91 Å². The maximum absolute atomic E-state index is 13.0. The molecule has 1 aliphatic rings. The van der Waals surface area contributed by atoms with Crippen LogP contribution in [0.5, 0.6) is 0 Å². The number of rotatable bonds is 53. The average Bonchev–Trinajstić information content (AvgIpc) is 3.35. The maximum atomic E-state index is 13.0. The molecule has 0 radical (unpaired) electrons. The molecule has 1 rings (SSSR count). The number of hydrogen-bond acceptors (Lipinski definition) is 8. The molecule has 1 saturated heterocycles. The number of nitrogens with one attached hydrogen (secondary N) is 1. The summed E-state index contributed by atoms with van der Waals surface area (Å²) >= 11 is 0. The van der Waals surface area contributed by atoms with E-state index in [0.717, 1.165) is 38.5 Å². The summed E-state index contributed by atoms with van der Waals surface area (Å²) in [4.78, 5) is 13.0. The van der Waals surface area contributed by atoms with Gasteiger partial charge in [0.2, 0.25) is 5.91 Å². The van der Waals surface area contributed by atoms with Gasteiger partial charge < -0.3 is 40.3 Å². The summed E-state index contributed by atoms with van der Waals surface area (Å²) in [5.74, 6) is -0.139. The molecule has 0 aliphatic carbocycles. The minimum atomic E-state index is -1.55. The second-order valence-corrected chi connectivity index (χ2v) is 21.5. The normalized spacial score (nSPS) is 19.4. The third kappa shape index (κ3) is 40.1. The van der Waals surface area contributed by atoms with Crippen molar-refractivity contribution in [3.05, 3.63) is 12.2 Å². The zero-order valence-electron chi connectivity index (χ0n) is 45.6. The lowest BCUT2D eigenvalue weighted by Gasteiger charge is -2.40.